The van der Waals surface area contributed by atoms with E-state index in [-0.39, 0.29) is 5.78 Å². The number of halogens is 2. The topological polar surface area (TPSA) is 17.1 Å². The summed E-state index contributed by atoms with van der Waals surface area (Å²) >= 11 is 7.91. The molecule has 1 atom stereocenters. The number of aryl methyl sites for hydroxylation is 1. The minimum atomic E-state index is -0.446. The van der Waals surface area contributed by atoms with Crippen molar-refractivity contribution in [1.82, 2.24) is 0 Å². The van der Waals surface area contributed by atoms with Crippen LogP contribution in [0.15, 0.2) is 18.2 Å². The smallest absolute Gasteiger partial charge is 0.180 e. The van der Waals surface area contributed by atoms with Gasteiger partial charge in [0, 0.05) is 9.13 Å². The van der Waals surface area contributed by atoms with E-state index in [0.29, 0.717) is 5.56 Å². The molecule has 0 radical (unpaired) electrons. The molecule has 1 nitrogen and oxygen atoms in total. The Morgan fingerprint density at radius 2 is 2.15 bits per heavy atom. The van der Waals surface area contributed by atoms with E-state index in [0.717, 1.165) is 3.57 Å². The second-order valence-electron chi connectivity index (χ2n) is 2.94. The van der Waals surface area contributed by atoms with Gasteiger partial charge in [-0.2, -0.15) is 0 Å². The maximum Gasteiger partial charge on any atom is 0.180 e. The molecule has 13 heavy (non-hydrogen) atoms. The van der Waals surface area contributed by atoms with Crippen LogP contribution in [0.2, 0.25) is 0 Å². The molecule has 0 aliphatic heterocycles. The Morgan fingerprint density at radius 3 is 2.62 bits per heavy atom. The number of ketones is 1. The highest BCUT2D eigenvalue weighted by atomic mass is 127. The zero-order valence-corrected chi connectivity index (χ0v) is 10.4. The fourth-order valence-electron chi connectivity index (χ4n) is 0.976. The number of carbonyl (C=O) groups excluding carboxylic acids is 1. The zero-order valence-electron chi connectivity index (χ0n) is 7.47. The number of Topliss-reactive ketones (excluding diaryl/α,β-unsaturated/α-hetero) is 1. The van der Waals surface area contributed by atoms with E-state index in [4.69, 9.17) is 11.6 Å². The molecular weight excluding hydrogens is 298 g/mol. The van der Waals surface area contributed by atoms with Crippen LogP contribution in [0.1, 0.15) is 22.8 Å². The molecule has 0 bridgehead atoms. The molecule has 1 aromatic carbocycles. The van der Waals surface area contributed by atoms with E-state index in [2.05, 4.69) is 22.6 Å². The van der Waals surface area contributed by atoms with Crippen molar-refractivity contribution in [2.45, 2.75) is 19.2 Å². The van der Waals surface area contributed by atoms with Gasteiger partial charge in [-0.25, -0.2) is 0 Å². The molecule has 0 aromatic heterocycles. The summed E-state index contributed by atoms with van der Waals surface area (Å²) in [6.07, 6.45) is 0. The van der Waals surface area contributed by atoms with Crippen LogP contribution in [-0.2, 0) is 0 Å². The summed E-state index contributed by atoms with van der Waals surface area (Å²) in [7, 11) is 0. The van der Waals surface area contributed by atoms with Gasteiger partial charge in [-0.15, -0.1) is 11.6 Å². The Balaban J connectivity index is 3.04. The van der Waals surface area contributed by atoms with Gasteiger partial charge >= 0.3 is 0 Å². The number of rotatable bonds is 2. The fraction of sp³-hybridized carbons (Fsp3) is 0.300. The van der Waals surface area contributed by atoms with Crippen molar-refractivity contribution in [3.05, 3.63) is 32.9 Å². The largest absolute Gasteiger partial charge is 0.293 e. The Bertz CT molecular complexity index is 334. The Labute approximate surface area is 96.6 Å². The standard InChI is InChI=1S/C10H10ClIO/c1-6-3-4-8(5-9(6)12)10(13)7(2)11/h3-5,7H,1-2H3. The number of hydrogen-bond donors (Lipinski definition) is 0. The van der Waals surface area contributed by atoms with Gasteiger partial charge in [-0.3, -0.25) is 4.79 Å². The maximum atomic E-state index is 11.5. The van der Waals surface area contributed by atoms with Crippen LogP contribution in [0.25, 0.3) is 0 Å². The second-order valence-corrected chi connectivity index (χ2v) is 4.76. The summed E-state index contributed by atoms with van der Waals surface area (Å²) in [6, 6.07) is 5.63. The second kappa shape index (κ2) is 4.42. The Morgan fingerprint density at radius 1 is 1.54 bits per heavy atom. The molecule has 0 spiro atoms. The number of hydrogen-bond acceptors (Lipinski definition) is 1. The SMILES string of the molecule is Cc1ccc(C(=O)C(C)Cl)cc1I. The Kier molecular flexibility index (Phi) is 3.74. The van der Waals surface area contributed by atoms with E-state index in [1.165, 1.54) is 5.56 Å². The van der Waals surface area contributed by atoms with Crippen LogP contribution >= 0.6 is 34.2 Å². The highest BCUT2D eigenvalue weighted by Gasteiger charge is 2.12. The molecule has 0 fully saturated rings. The molecule has 70 valence electrons. The van der Waals surface area contributed by atoms with Crippen LogP contribution in [0.5, 0.6) is 0 Å². The first-order valence-electron chi connectivity index (χ1n) is 3.97. The molecule has 0 saturated carbocycles. The quantitative estimate of drug-likeness (QED) is 0.465. The molecule has 3 heteroatoms. The lowest BCUT2D eigenvalue weighted by Gasteiger charge is -2.04. The summed E-state index contributed by atoms with van der Waals surface area (Å²) in [6.45, 7) is 3.71. The highest BCUT2D eigenvalue weighted by Crippen LogP contribution is 2.15. The molecule has 0 saturated heterocycles. The lowest BCUT2D eigenvalue weighted by Crippen LogP contribution is -2.10. The molecule has 0 aliphatic rings. The summed E-state index contributed by atoms with van der Waals surface area (Å²) in [4.78, 5) is 11.5. The van der Waals surface area contributed by atoms with E-state index in [1.54, 1.807) is 6.92 Å². The van der Waals surface area contributed by atoms with Crippen LogP contribution in [0.4, 0.5) is 0 Å². The Hall–Kier alpha value is -0.0900. The first-order chi connectivity index (χ1) is 6.02. The lowest BCUT2D eigenvalue weighted by molar-refractivity contribution is 0.0991. The van der Waals surface area contributed by atoms with Crippen molar-refractivity contribution >= 4 is 40.0 Å². The molecule has 1 unspecified atom stereocenters. The number of benzene rings is 1. The van der Waals surface area contributed by atoms with Crippen molar-refractivity contribution in [1.29, 1.82) is 0 Å². The molecule has 0 amide bonds. The summed E-state index contributed by atoms with van der Waals surface area (Å²) in [5.41, 5.74) is 1.87. The average molecular weight is 309 g/mol. The maximum absolute atomic E-state index is 11.5. The first kappa shape index (κ1) is 11.0. The van der Waals surface area contributed by atoms with Gasteiger partial charge < -0.3 is 0 Å². The summed E-state index contributed by atoms with van der Waals surface area (Å²) < 4.78 is 1.10. The van der Waals surface area contributed by atoms with Crippen molar-refractivity contribution in [2.75, 3.05) is 0 Å². The van der Waals surface area contributed by atoms with Crippen molar-refractivity contribution in [3.63, 3.8) is 0 Å². The van der Waals surface area contributed by atoms with Crippen molar-refractivity contribution < 1.29 is 4.79 Å². The predicted molar refractivity (Wildman–Crippen MR) is 63.5 cm³/mol. The molecule has 1 aromatic rings. The lowest BCUT2D eigenvalue weighted by atomic mass is 10.1. The van der Waals surface area contributed by atoms with Crippen LogP contribution in [-0.4, -0.2) is 11.2 Å². The summed E-state index contributed by atoms with van der Waals surface area (Å²) in [5.74, 6) is -0.0143. The molecule has 1 rings (SSSR count). The molecule has 0 aliphatic carbocycles. The van der Waals surface area contributed by atoms with E-state index in [1.807, 2.05) is 25.1 Å². The minimum Gasteiger partial charge on any atom is -0.293 e. The molecule has 0 heterocycles. The normalized spacial score (nSPS) is 12.6. The van der Waals surface area contributed by atoms with Gasteiger partial charge in [-0.05, 0) is 48.1 Å². The fourth-order valence-corrected chi connectivity index (χ4v) is 1.62. The van der Waals surface area contributed by atoms with Crippen molar-refractivity contribution in [3.8, 4) is 0 Å². The van der Waals surface area contributed by atoms with Crippen LogP contribution in [0, 0.1) is 10.5 Å². The highest BCUT2D eigenvalue weighted by molar-refractivity contribution is 14.1. The monoisotopic (exact) mass is 308 g/mol. The van der Waals surface area contributed by atoms with Gasteiger partial charge in [0.15, 0.2) is 5.78 Å². The predicted octanol–water partition coefficient (Wildman–Crippen LogP) is 3.41. The van der Waals surface area contributed by atoms with Crippen molar-refractivity contribution in [2.24, 2.45) is 0 Å². The third-order valence-electron chi connectivity index (χ3n) is 1.82. The van der Waals surface area contributed by atoms with Gasteiger partial charge in [0.25, 0.3) is 0 Å². The van der Waals surface area contributed by atoms with E-state index < -0.39 is 5.38 Å². The summed E-state index contributed by atoms with van der Waals surface area (Å²) in [5, 5.41) is -0.446. The molecule has 0 N–H and O–H groups in total. The van der Waals surface area contributed by atoms with E-state index in [9.17, 15) is 4.79 Å². The molecular formula is C10H10ClIO. The average Bonchev–Trinajstić information content (AvgIpc) is 2.08. The zero-order chi connectivity index (χ0) is 10.0. The minimum absolute atomic E-state index is 0.0143. The number of carbonyl (C=O) groups is 1. The van der Waals surface area contributed by atoms with Crippen LogP contribution in [0.3, 0.4) is 0 Å². The van der Waals surface area contributed by atoms with Gasteiger partial charge in [-0.1, -0.05) is 12.1 Å². The van der Waals surface area contributed by atoms with Gasteiger partial charge in [0.1, 0.15) is 0 Å². The number of alkyl halides is 1. The van der Waals surface area contributed by atoms with E-state index >= 15 is 0 Å². The first-order valence-corrected chi connectivity index (χ1v) is 5.48. The van der Waals surface area contributed by atoms with Gasteiger partial charge in [0.05, 0.1) is 5.38 Å². The third-order valence-corrected chi connectivity index (χ3v) is 3.18. The third kappa shape index (κ3) is 2.68. The van der Waals surface area contributed by atoms with Gasteiger partial charge in [0.2, 0.25) is 0 Å². The van der Waals surface area contributed by atoms with Crippen LogP contribution < -0.4 is 0 Å².